The lowest BCUT2D eigenvalue weighted by Crippen LogP contribution is -2.24. The van der Waals surface area contributed by atoms with Crippen LogP contribution in [0.15, 0.2) is 12.1 Å². The summed E-state index contributed by atoms with van der Waals surface area (Å²) in [7, 11) is 3.23. The Kier molecular flexibility index (Phi) is 3.18. The van der Waals surface area contributed by atoms with Crippen LogP contribution in [-0.2, 0) is 0 Å². The smallest absolute Gasteiger partial charge is 0.272 e. The maximum Gasteiger partial charge on any atom is 0.272 e. The van der Waals surface area contributed by atoms with Crippen molar-refractivity contribution in [3.05, 3.63) is 23.5 Å². The van der Waals surface area contributed by atoms with Gasteiger partial charge in [-0.1, -0.05) is 0 Å². The maximum absolute atomic E-state index is 11.8. The molecule has 2 rings (SSSR count). The number of amides is 2. The van der Waals surface area contributed by atoms with Crippen molar-refractivity contribution in [1.29, 1.82) is 0 Å². The molecule has 0 aliphatic heterocycles. The number of hydrogen-bond acceptors (Lipinski definition) is 4. The zero-order chi connectivity index (χ0) is 13.3. The first kappa shape index (κ1) is 12.3. The van der Waals surface area contributed by atoms with Crippen LogP contribution in [0.4, 0.5) is 0 Å². The van der Waals surface area contributed by atoms with Crippen LogP contribution in [0.5, 0.6) is 5.75 Å². The monoisotopic (exact) mass is 249 g/mol. The zero-order valence-corrected chi connectivity index (χ0v) is 10.3. The van der Waals surface area contributed by atoms with Crippen LogP contribution in [0.3, 0.4) is 0 Å². The molecular weight excluding hydrogens is 234 g/mol. The predicted molar refractivity (Wildman–Crippen MR) is 64.4 cm³/mol. The molecule has 6 heteroatoms. The van der Waals surface area contributed by atoms with E-state index in [-0.39, 0.29) is 23.4 Å². The van der Waals surface area contributed by atoms with Gasteiger partial charge in [0.15, 0.2) is 0 Å². The molecule has 0 radical (unpaired) electrons. The van der Waals surface area contributed by atoms with Crippen molar-refractivity contribution in [1.82, 2.24) is 9.88 Å². The van der Waals surface area contributed by atoms with E-state index in [2.05, 4.69) is 4.98 Å². The molecule has 0 saturated heterocycles. The fraction of sp³-hybridized carbons (Fsp3) is 0.417. The number of ether oxygens (including phenoxy) is 1. The largest absolute Gasteiger partial charge is 0.490 e. The Balaban J connectivity index is 2.35. The molecule has 1 aromatic heterocycles. The van der Waals surface area contributed by atoms with Crippen molar-refractivity contribution in [2.24, 2.45) is 5.73 Å². The van der Waals surface area contributed by atoms with E-state index in [1.807, 2.05) is 0 Å². The lowest BCUT2D eigenvalue weighted by molar-refractivity contribution is 0.0821. The second-order valence-electron chi connectivity index (χ2n) is 4.45. The number of aromatic nitrogens is 1. The normalized spacial score (nSPS) is 14.1. The van der Waals surface area contributed by atoms with Gasteiger partial charge in [-0.3, -0.25) is 9.59 Å². The minimum absolute atomic E-state index is 0.0401. The molecule has 1 fully saturated rings. The first-order chi connectivity index (χ1) is 8.47. The van der Waals surface area contributed by atoms with Gasteiger partial charge < -0.3 is 15.4 Å². The summed E-state index contributed by atoms with van der Waals surface area (Å²) in [6.07, 6.45) is 2.16. The molecule has 18 heavy (non-hydrogen) atoms. The van der Waals surface area contributed by atoms with Crippen molar-refractivity contribution in [2.45, 2.75) is 18.9 Å². The van der Waals surface area contributed by atoms with Gasteiger partial charge in [0.05, 0.1) is 6.10 Å². The van der Waals surface area contributed by atoms with Gasteiger partial charge in [0, 0.05) is 26.2 Å². The van der Waals surface area contributed by atoms with E-state index in [4.69, 9.17) is 10.5 Å². The number of primary amides is 1. The van der Waals surface area contributed by atoms with Gasteiger partial charge >= 0.3 is 0 Å². The molecule has 1 aromatic rings. The predicted octanol–water partition coefficient (Wildman–Crippen LogP) is 0.424. The summed E-state index contributed by atoms with van der Waals surface area (Å²) in [5.41, 5.74) is 5.39. The Morgan fingerprint density at radius 2 is 1.94 bits per heavy atom. The highest BCUT2D eigenvalue weighted by Gasteiger charge is 2.25. The van der Waals surface area contributed by atoms with Crippen LogP contribution < -0.4 is 10.5 Å². The molecule has 2 N–H and O–H groups in total. The molecule has 96 valence electrons. The van der Waals surface area contributed by atoms with Crippen molar-refractivity contribution in [2.75, 3.05) is 14.1 Å². The first-order valence-corrected chi connectivity index (χ1v) is 5.67. The summed E-state index contributed by atoms with van der Waals surface area (Å²) in [6, 6.07) is 3.00. The second-order valence-corrected chi connectivity index (χ2v) is 4.45. The van der Waals surface area contributed by atoms with E-state index < -0.39 is 5.91 Å². The maximum atomic E-state index is 11.8. The molecular formula is C12H15N3O3. The van der Waals surface area contributed by atoms with Crippen molar-refractivity contribution >= 4 is 11.8 Å². The number of carbonyl (C=O) groups is 2. The molecule has 0 bridgehead atoms. The van der Waals surface area contributed by atoms with Crippen molar-refractivity contribution < 1.29 is 14.3 Å². The summed E-state index contributed by atoms with van der Waals surface area (Å²) in [5.74, 6) is -0.505. The number of hydrogen-bond donors (Lipinski definition) is 1. The summed E-state index contributed by atoms with van der Waals surface area (Å²) in [6.45, 7) is 0. The van der Waals surface area contributed by atoms with Crippen LogP contribution in [0.1, 0.15) is 33.8 Å². The molecule has 1 aliphatic carbocycles. The quantitative estimate of drug-likeness (QED) is 0.838. The van der Waals surface area contributed by atoms with Crippen LogP contribution in [-0.4, -0.2) is 41.9 Å². The fourth-order valence-corrected chi connectivity index (χ4v) is 1.42. The first-order valence-electron chi connectivity index (χ1n) is 5.67. The number of nitrogens with two attached hydrogens (primary N) is 1. The van der Waals surface area contributed by atoms with Gasteiger partial charge in [-0.05, 0) is 12.8 Å². The molecule has 0 spiro atoms. The van der Waals surface area contributed by atoms with E-state index >= 15 is 0 Å². The van der Waals surface area contributed by atoms with E-state index in [1.165, 1.54) is 17.0 Å². The lowest BCUT2D eigenvalue weighted by atomic mass is 10.2. The van der Waals surface area contributed by atoms with Gasteiger partial charge in [-0.25, -0.2) is 4.98 Å². The second kappa shape index (κ2) is 4.64. The summed E-state index contributed by atoms with van der Waals surface area (Å²) < 4.78 is 5.57. The Morgan fingerprint density at radius 1 is 1.33 bits per heavy atom. The van der Waals surface area contributed by atoms with Crippen LogP contribution in [0.2, 0.25) is 0 Å². The van der Waals surface area contributed by atoms with E-state index in [0.717, 1.165) is 12.8 Å². The molecule has 0 unspecified atom stereocenters. The average molecular weight is 249 g/mol. The summed E-state index contributed by atoms with van der Waals surface area (Å²) >= 11 is 0. The van der Waals surface area contributed by atoms with E-state index in [0.29, 0.717) is 5.75 Å². The highest BCUT2D eigenvalue weighted by atomic mass is 16.5. The molecule has 1 heterocycles. The highest BCUT2D eigenvalue weighted by molar-refractivity contribution is 5.96. The van der Waals surface area contributed by atoms with Crippen LogP contribution >= 0.6 is 0 Å². The van der Waals surface area contributed by atoms with Gasteiger partial charge in [-0.2, -0.15) is 0 Å². The minimum Gasteiger partial charge on any atom is -0.490 e. The molecule has 6 nitrogen and oxygen atoms in total. The SMILES string of the molecule is CN(C)C(=O)c1cc(OC2CC2)cc(C(N)=O)n1. The van der Waals surface area contributed by atoms with Crippen LogP contribution in [0, 0.1) is 0 Å². The molecule has 2 amide bonds. The Hall–Kier alpha value is -2.11. The summed E-state index contributed by atoms with van der Waals surface area (Å²) in [4.78, 5) is 28.3. The third-order valence-electron chi connectivity index (χ3n) is 2.50. The van der Waals surface area contributed by atoms with Crippen LogP contribution in [0.25, 0.3) is 0 Å². The lowest BCUT2D eigenvalue weighted by Gasteiger charge is -2.12. The van der Waals surface area contributed by atoms with Gasteiger partial charge in [0.2, 0.25) is 0 Å². The summed E-state index contributed by atoms with van der Waals surface area (Å²) in [5, 5.41) is 0. The minimum atomic E-state index is -0.677. The standard InChI is InChI=1S/C12H15N3O3/c1-15(2)12(17)10-6-8(18-7-3-4-7)5-9(14-10)11(13)16/h5-7H,3-4H2,1-2H3,(H2,13,16). The Morgan fingerprint density at radius 3 is 2.44 bits per heavy atom. The number of carbonyl (C=O) groups excluding carboxylic acids is 2. The third-order valence-corrected chi connectivity index (χ3v) is 2.50. The zero-order valence-electron chi connectivity index (χ0n) is 10.3. The number of rotatable bonds is 4. The molecule has 0 atom stereocenters. The van der Waals surface area contributed by atoms with E-state index in [1.54, 1.807) is 14.1 Å². The highest BCUT2D eigenvalue weighted by Crippen LogP contribution is 2.27. The third kappa shape index (κ3) is 2.77. The van der Waals surface area contributed by atoms with Crippen molar-refractivity contribution in [3.63, 3.8) is 0 Å². The molecule has 1 aliphatic rings. The Bertz CT molecular complexity index is 495. The number of pyridine rings is 1. The van der Waals surface area contributed by atoms with Gasteiger partial charge in [0.25, 0.3) is 11.8 Å². The fourth-order valence-electron chi connectivity index (χ4n) is 1.42. The number of nitrogens with zero attached hydrogens (tertiary/aromatic N) is 2. The van der Waals surface area contributed by atoms with Gasteiger partial charge in [0.1, 0.15) is 17.1 Å². The topological polar surface area (TPSA) is 85.5 Å². The van der Waals surface area contributed by atoms with Crippen molar-refractivity contribution in [3.8, 4) is 5.75 Å². The Labute approximate surface area is 105 Å². The average Bonchev–Trinajstić information content (AvgIpc) is 3.11. The van der Waals surface area contributed by atoms with Gasteiger partial charge in [-0.15, -0.1) is 0 Å². The molecule has 1 saturated carbocycles. The van der Waals surface area contributed by atoms with E-state index in [9.17, 15) is 9.59 Å². The molecule has 0 aromatic carbocycles.